The van der Waals surface area contributed by atoms with Crippen molar-refractivity contribution in [3.05, 3.63) is 52.4 Å². The van der Waals surface area contributed by atoms with E-state index in [2.05, 4.69) is 39.5 Å². The van der Waals surface area contributed by atoms with Crippen LogP contribution in [-0.4, -0.2) is 28.2 Å². The van der Waals surface area contributed by atoms with Crippen LogP contribution >= 0.6 is 11.3 Å². The average Bonchev–Trinajstić information content (AvgIpc) is 3.14. The summed E-state index contributed by atoms with van der Waals surface area (Å²) in [5.41, 5.74) is 2.19. The van der Waals surface area contributed by atoms with Crippen LogP contribution in [0.2, 0.25) is 0 Å². The van der Waals surface area contributed by atoms with Crippen molar-refractivity contribution >= 4 is 11.3 Å². The standard InChI is InChI=1S/C17H20N4OS/c1-11(18-3)9-14-20-17(22-21-14)16-12(2)19-15(23-16)10-13-7-5-4-6-8-13/h4-8,11,18H,9-10H2,1-3H3. The number of rotatable bonds is 6. The lowest BCUT2D eigenvalue weighted by Crippen LogP contribution is -2.24. The van der Waals surface area contributed by atoms with Gasteiger partial charge in [-0.15, -0.1) is 11.3 Å². The SMILES string of the molecule is CNC(C)Cc1noc(-c2sc(Cc3ccccc3)nc2C)n1. The molecule has 0 fully saturated rings. The smallest absolute Gasteiger partial charge is 0.269 e. The van der Waals surface area contributed by atoms with Gasteiger partial charge in [-0.3, -0.25) is 0 Å². The summed E-state index contributed by atoms with van der Waals surface area (Å²) in [6, 6.07) is 10.7. The third-order valence-corrected chi connectivity index (χ3v) is 4.83. The van der Waals surface area contributed by atoms with Crippen molar-refractivity contribution in [3.63, 3.8) is 0 Å². The van der Waals surface area contributed by atoms with Gasteiger partial charge in [-0.05, 0) is 26.5 Å². The van der Waals surface area contributed by atoms with Crippen molar-refractivity contribution in [1.29, 1.82) is 0 Å². The zero-order valence-electron chi connectivity index (χ0n) is 13.5. The fourth-order valence-corrected chi connectivity index (χ4v) is 3.32. The van der Waals surface area contributed by atoms with Gasteiger partial charge in [0.2, 0.25) is 0 Å². The van der Waals surface area contributed by atoms with Gasteiger partial charge in [0.1, 0.15) is 4.88 Å². The Bertz CT molecular complexity index is 766. The minimum Gasteiger partial charge on any atom is -0.333 e. The molecule has 23 heavy (non-hydrogen) atoms. The Balaban J connectivity index is 1.78. The number of nitrogens with zero attached hydrogens (tertiary/aromatic N) is 3. The van der Waals surface area contributed by atoms with Gasteiger partial charge in [-0.1, -0.05) is 35.5 Å². The van der Waals surface area contributed by atoms with Crippen LogP contribution in [0.5, 0.6) is 0 Å². The molecule has 0 aliphatic rings. The Labute approximate surface area is 139 Å². The molecule has 120 valence electrons. The van der Waals surface area contributed by atoms with E-state index in [-0.39, 0.29) is 0 Å². The number of hydrogen-bond donors (Lipinski definition) is 1. The first-order chi connectivity index (χ1) is 11.2. The fraction of sp³-hybridized carbons (Fsp3) is 0.353. The van der Waals surface area contributed by atoms with Crippen molar-refractivity contribution < 1.29 is 4.52 Å². The Kier molecular flexibility index (Phi) is 4.83. The Morgan fingerprint density at radius 1 is 1.22 bits per heavy atom. The minimum atomic E-state index is 0.316. The number of hydrogen-bond acceptors (Lipinski definition) is 6. The molecule has 0 aliphatic carbocycles. The number of aromatic nitrogens is 3. The summed E-state index contributed by atoms with van der Waals surface area (Å²) in [6.45, 7) is 4.08. The highest BCUT2D eigenvalue weighted by Crippen LogP contribution is 2.30. The molecule has 1 atom stereocenters. The molecular formula is C17H20N4OS. The first-order valence-corrected chi connectivity index (χ1v) is 8.48. The van der Waals surface area contributed by atoms with Crippen LogP contribution in [-0.2, 0) is 12.8 Å². The summed E-state index contributed by atoms with van der Waals surface area (Å²) < 4.78 is 5.42. The van der Waals surface area contributed by atoms with Crippen molar-refractivity contribution in [2.75, 3.05) is 7.05 Å². The summed E-state index contributed by atoms with van der Waals surface area (Å²) in [6.07, 6.45) is 1.57. The van der Waals surface area contributed by atoms with Crippen LogP contribution < -0.4 is 5.32 Å². The van der Waals surface area contributed by atoms with Crippen LogP contribution in [0, 0.1) is 6.92 Å². The molecule has 0 amide bonds. The maximum absolute atomic E-state index is 5.42. The molecule has 2 heterocycles. The van der Waals surface area contributed by atoms with E-state index in [0.29, 0.717) is 11.9 Å². The normalized spacial score (nSPS) is 12.5. The molecule has 1 N–H and O–H groups in total. The van der Waals surface area contributed by atoms with E-state index in [4.69, 9.17) is 4.52 Å². The minimum absolute atomic E-state index is 0.316. The molecule has 0 spiro atoms. The molecule has 0 saturated carbocycles. The highest BCUT2D eigenvalue weighted by atomic mass is 32.1. The third kappa shape index (κ3) is 3.83. The van der Waals surface area contributed by atoms with Gasteiger partial charge in [-0.2, -0.15) is 4.98 Å². The molecule has 1 unspecified atom stereocenters. The Morgan fingerprint density at radius 2 is 2.00 bits per heavy atom. The largest absolute Gasteiger partial charge is 0.333 e. The van der Waals surface area contributed by atoms with Gasteiger partial charge in [0.25, 0.3) is 5.89 Å². The first kappa shape index (κ1) is 15.8. The highest BCUT2D eigenvalue weighted by Gasteiger charge is 2.17. The summed E-state index contributed by atoms with van der Waals surface area (Å²) >= 11 is 1.62. The maximum Gasteiger partial charge on any atom is 0.269 e. The lowest BCUT2D eigenvalue weighted by Gasteiger charge is -2.04. The van der Waals surface area contributed by atoms with Gasteiger partial charge >= 0.3 is 0 Å². The molecule has 3 aromatic rings. The molecule has 0 radical (unpaired) electrons. The molecule has 1 aromatic carbocycles. The predicted molar refractivity (Wildman–Crippen MR) is 91.6 cm³/mol. The highest BCUT2D eigenvalue weighted by molar-refractivity contribution is 7.15. The van der Waals surface area contributed by atoms with E-state index in [0.717, 1.165) is 34.2 Å². The van der Waals surface area contributed by atoms with Crippen molar-refractivity contribution in [3.8, 4) is 10.8 Å². The second kappa shape index (κ2) is 7.02. The lowest BCUT2D eigenvalue weighted by molar-refractivity contribution is 0.418. The molecular weight excluding hydrogens is 308 g/mol. The van der Waals surface area contributed by atoms with Gasteiger partial charge < -0.3 is 9.84 Å². The van der Waals surface area contributed by atoms with Gasteiger partial charge in [-0.25, -0.2) is 4.98 Å². The number of benzene rings is 1. The van der Waals surface area contributed by atoms with E-state index in [1.165, 1.54) is 5.56 Å². The van der Waals surface area contributed by atoms with E-state index in [9.17, 15) is 0 Å². The molecule has 5 nitrogen and oxygen atoms in total. The lowest BCUT2D eigenvalue weighted by atomic mass is 10.2. The van der Waals surface area contributed by atoms with Crippen LogP contribution in [0.1, 0.15) is 29.0 Å². The predicted octanol–water partition coefficient (Wildman–Crippen LogP) is 3.24. The summed E-state index contributed by atoms with van der Waals surface area (Å²) in [7, 11) is 1.93. The van der Waals surface area contributed by atoms with Crippen molar-refractivity contribution in [2.45, 2.75) is 32.7 Å². The molecule has 0 aliphatic heterocycles. The number of aryl methyl sites for hydroxylation is 1. The summed E-state index contributed by atoms with van der Waals surface area (Å²) in [5.74, 6) is 1.29. The van der Waals surface area contributed by atoms with Gasteiger partial charge in [0.05, 0.1) is 10.7 Å². The van der Waals surface area contributed by atoms with Crippen molar-refractivity contribution in [1.82, 2.24) is 20.4 Å². The second-order valence-electron chi connectivity index (χ2n) is 5.59. The molecule has 0 bridgehead atoms. The van der Waals surface area contributed by atoms with Crippen LogP contribution in [0.25, 0.3) is 10.8 Å². The van der Waals surface area contributed by atoms with Crippen LogP contribution in [0.3, 0.4) is 0 Å². The van der Waals surface area contributed by atoms with Gasteiger partial charge in [0.15, 0.2) is 5.82 Å². The van der Waals surface area contributed by atoms with Crippen molar-refractivity contribution in [2.24, 2.45) is 0 Å². The van der Waals surface area contributed by atoms with E-state index in [1.54, 1.807) is 11.3 Å². The third-order valence-electron chi connectivity index (χ3n) is 3.68. The van der Waals surface area contributed by atoms with Crippen LogP contribution in [0.15, 0.2) is 34.9 Å². The quantitative estimate of drug-likeness (QED) is 0.752. The number of likely N-dealkylation sites (N-methyl/N-ethyl adjacent to an activating group) is 1. The monoisotopic (exact) mass is 328 g/mol. The molecule has 3 rings (SSSR count). The van der Waals surface area contributed by atoms with Crippen LogP contribution in [0.4, 0.5) is 0 Å². The number of thiazole rings is 1. The zero-order chi connectivity index (χ0) is 16.2. The van der Waals surface area contributed by atoms with E-state index < -0.39 is 0 Å². The number of nitrogens with one attached hydrogen (secondary N) is 1. The summed E-state index contributed by atoms with van der Waals surface area (Å²) in [4.78, 5) is 10.1. The topological polar surface area (TPSA) is 63.8 Å². The van der Waals surface area contributed by atoms with E-state index >= 15 is 0 Å². The Hall–Kier alpha value is -2.05. The average molecular weight is 328 g/mol. The summed E-state index contributed by atoms with van der Waals surface area (Å²) in [5, 5.41) is 8.30. The van der Waals surface area contributed by atoms with E-state index in [1.807, 2.05) is 32.2 Å². The molecule has 2 aromatic heterocycles. The fourth-order valence-electron chi connectivity index (χ4n) is 2.30. The molecule has 6 heteroatoms. The zero-order valence-corrected chi connectivity index (χ0v) is 14.4. The van der Waals surface area contributed by atoms with Gasteiger partial charge in [0, 0.05) is 18.9 Å². The molecule has 0 saturated heterocycles. The Morgan fingerprint density at radius 3 is 2.74 bits per heavy atom. The maximum atomic E-state index is 5.42. The second-order valence-corrected chi connectivity index (χ2v) is 6.68. The first-order valence-electron chi connectivity index (χ1n) is 7.66.